The Kier molecular flexibility index (Phi) is 4.42. The molecule has 1 aromatic rings. The number of piperidine rings is 1. The summed E-state index contributed by atoms with van der Waals surface area (Å²) < 4.78 is 0. The summed E-state index contributed by atoms with van der Waals surface area (Å²) >= 11 is 0. The minimum absolute atomic E-state index is 0.0282. The molecule has 4 heteroatoms. The molecule has 1 aliphatic heterocycles. The minimum atomic E-state index is -0.332. The maximum absolute atomic E-state index is 12.7. The first-order valence-electron chi connectivity index (χ1n) is 7.14. The molecule has 0 aromatic heterocycles. The Hall–Kier alpha value is -1.84. The van der Waals surface area contributed by atoms with E-state index in [1.807, 2.05) is 32.0 Å². The van der Waals surface area contributed by atoms with E-state index in [9.17, 15) is 9.59 Å². The lowest BCUT2D eigenvalue weighted by Crippen LogP contribution is -2.51. The second-order valence-electron chi connectivity index (χ2n) is 5.44. The van der Waals surface area contributed by atoms with Gasteiger partial charge in [-0.15, -0.1) is 0 Å². The maximum atomic E-state index is 12.7. The summed E-state index contributed by atoms with van der Waals surface area (Å²) in [5.74, 6) is -0.0946. The van der Waals surface area contributed by atoms with Crippen molar-refractivity contribution >= 4 is 11.8 Å². The van der Waals surface area contributed by atoms with Crippen LogP contribution in [0.15, 0.2) is 18.2 Å². The molecule has 108 valence electrons. The van der Waals surface area contributed by atoms with Crippen molar-refractivity contribution in [3.8, 4) is 0 Å². The Labute approximate surface area is 120 Å². The van der Waals surface area contributed by atoms with E-state index in [0.29, 0.717) is 12.1 Å². The Bertz CT molecular complexity index is 525. The second-order valence-corrected chi connectivity index (χ2v) is 5.44. The van der Waals surface area contributed by atoms with Gasteiger partial charge in [0.2, 0.25) is 5.91 Å². The number of benzene rings is 1. The van der Waals surface area contributed by atoms with Gasteiger partial charge in [0.25, 0.3) is 5.91 Å². The molecule has 2 rings (SSSR count). The summed E-state index contributed by atoms with van der Waals surface area (Å²) in [6, 6.07) is 5.54. The fourth-order valence-corrected chi connectivity index (χ4v) is 2.73. The van der Waals surface area contributed by atoms with Crippen molar-refractivity contribution in [3.05, 3.63) is 34.9 Å². The van der Waals surface area contributed by atoms with Crippen LogP contribution >= 0.6 is 0 Å². The van der Waals surface area contributed by atoms with Crippen LogP contribution in [0, 0.1) is 13.8 Å². The number of rotatable bonds is 2. The van der Waals surface area contributed by atoms with Crippen LogP contribution in [0.5, 0.6) is 0 Å². The van der Waals surface area contributed by atoms with E-state index in [4.69, 9.17) is 0 Å². The van der Waals surface area contributed by atoms with Crippen LogP contribution in [0.25, 0.3) is 0 Å². The smallest absolute Gasteiger partial charge is 0.254 e. The highest BCUT2D eigenvalue weighted by molar-refractivity contribution is 5.98. The summed E-state index contributed by atoms with van der Waals surface area (Å²) in [5, 5.41) is 2.66. The third-order valence-electron chi connectivity index (χ3n) is 3.94. The van der Waals surface area contributed by atoms with E-state index in [1.54, 1.807) is 11.9 Å². The van der Waals surface area contributed by atoms with Crippen molar-refractivity contribution in [2.75, 3.05) is 13.6 Å². The Morgan fingerprint density at radius 2 is 2.00 bits per heavy atom. The minimum Gasteiger partial charge on any atom is -0.357 e. The first-order chi connectivity index (χ1) is 9.54. The van der Waals surface area contributed by atoms with Gasteiger partial charge in [-0.25, -0.2) is 0 Å². The van der Waals surface area contributed by atoms with Gasteiger partial charge in [-0.3, -0.25) is 9.59 Å². The lowest BCUT2D eigenvalue weighted by molar-refractivity contribution is -0.126. The number of hydrogen-bond acceptors (Lipinski definition) is 2. The number of hydrogen-bond donors (Lipinski definition) is 1. The van der Waals surface area contributed by atoms with Crippen molar-refractivity contribution in [3.63, 3.8) is 0 Å². The molecule has 4 nitrogen and oxygen atoms in total. The Morgan fingerprint density at radius 3 is 2.70 bits per heavy atom. The fraction of sp³-hybridized carbons (Fsp3) is 0.500. The van der Waals surface area contributed by atoms with Gasteiger partial charge in [0.05, 0.1) is 0 Å². The number of aryl methyl sites for hydroxylation is 2. The van der Waals surface area contributed by atoms with Gasteiger partial charge < -0.3 is 10.2 Å². The summed E-state index contributed by atoms with van der Waals surface area (Å²) in [4.78, 5) is 26.4. The lowest BCUT2D eigenvalue weighted by atomic mass is 9.98. The molecule has 1 aliphatic rings. The van der Waals surface area contributed by atoms with Gasteiger partial charge in [-0.05, 0) is 44.7 Å². The van der Waals surface area contributed by atoms with Crippen molar-refractivity contribution < 1.29 is 9.59 Å². The van der Waals surface area contributed by atoms with E-state index >= 15 is 0 Å². The van der Waals surface area contributed by atoms with E-state index in [2.05, 4.69) is 5.32 Å². The third kappa shape index (κ3) is 2.84. The fourth-order valence-electron chi connectivity index (χ4n) is 2.73. The number of nitrogens with one attached hydrogen (secondary N) is 1. The second kappa shape index (κ2) is 6.07. The number of nitrogens with zero attached hydrogens (tertiary/aromatic N) is 1. The number of carbonyl (C=O) groups excluding carboxylic acids is 2. The highest BCUT2D eigenvalue weighted by Gasteiger charge is 2.32. The molecule has 1 unspecified atom stereocenters. The van der Waals surface area contributed by atoms with Gasteiger partial charge in [-0.1, -0.05) is 17.7 Å². The summed E-state index contributed by atoms with van der Waals surface area (Å²) in [6.07, 6.45) is 2.70. The lowest BCUT2D eigenvalue weighted by Gasteiger charge is -2.34. The van der Waals surface area contributed by atoms with Crippen molar-refractivity contribution in [2.24, 2.45) is 0 Å². The molecule has 1 fully saturated rings. The predicted molar refractivity (Wildman–Crippen MR) is 78.7 cm³/mol. The van der Waals surface area contributed by atoms with Gasteiger partial charge >= 0.3 is 0 Å². The maximum Gasteiger partial charge on any atom is 0.254 e. The van der Waals surface area contributed by atoms with Crippen LogP contribution in [-0.2, 0) is 4.79 Å². The molecular formula is C16H22N2O2. The number of likely N-dealkylation sites (N-methyl/N-ethyl adjacent to an activating group) is 1. The van der Waals surface area contributed by atoms with Crippen molar-refractivity contribution in [1.82, 2.24) is 10.2 Å². The zero-order chi connectivity index (χ0) is 14.7. The molecule has 1 saturated heterocycles. The van der Waals surface area contributed by atoms with Crippen molar-refractivity contribution in [2.45, 2.75) is 39.2 Å². The molecule has 20 heavy (non-hydrogen) atoms. The van der Waals surface area contributed by atoms with Gasteiger partial charge in [-0.2, -0.15) is 0 Å². The summed E-state index contributed by atoms with van der Waals surface area (Å²) in [7, 11) is 1.62. The number of likely N-dealkylation sites (tertiary alicyclic amines) is 1. The topological polar surface area (TPSA) is 49.4 Å². The monoisotopic (exact) mass is 274 g/mol. The van der Waals surface area contributed by atoms with Gasteiger partial charge in [0, 0.05) is 19.2 Å². The van der Waals surface area contributed by atoms with E-state index < -0.39 is 0 Å². The molecule has 1 N–H and O–H groups in total. The molecule has 0 saturated carbocycles. The average molecular weight is 274 g/mol. The zero-order valence-corrected chi connectivity index (χ0v) is 12.4. The largest absolute Gasteiger partial charge is 0.357 e. The normalized spacial score (nSPS) is 18.8. The molecule has 0 spiro atoms. The number of carbonyl (C=O) groups is 2. The zero-order valence-electron chi connectivity index (χ0n) is 12.4. The Morgan fingerprint density at radius 1 is 1.25 bits per heavy atom. The first kappa shape index (κ1) is 14.6. The summed E-state index contributed by atoms with van der Waals surface area (Å²) in [6.45, 7) is 4.57. The quantitative estimate of drug-likeness (QED) is 0.897. The van der Waals surface area contributed by atoms with E-state index in [1.165, 1.54) is 0 Å². The molecule has 0 bridgehead atoms. The molecule has 2 amide bonds. The molecule has 0 aliphatic carbocycles. The molecule has 0 radical (unpaired) electrons. The van der Waals surface area contributed by atoms with Gasteiger partial charge in [0.1, 0.15) is 6.04 Å². The van der Waals surface area contributed by atoms with E-state index in [0.717, 1.165) is 30.4 Å². The van der Waals surface area contributed by atoms with Crippen LogP contribution < -0.4 is 5.32 Å². The number of amides is 2. The van der Waals surface area contributed by atoms with Crippen LogP contribution in [0.1, 0.15) is 40.7 Å². The SMILES string of the molecule is CNC(=O)C1CCCCN1C(=O)c1cc(C)ccc1C. The molecular weight excluding hydrogens is 252 g/mol. The van der Waals surface area contributed by atoms with Crippen molar-refractivity contribution in [1.29, 1.82) is 0 Å². The first-order valence-corrected chi connectivity index (χ1v) is 7.14. The molecule has 1 aromatic carbocycles. The van der Waals surface area contributed by atoms with Gasteiger partial charge in [0.15, 0.2) is 0 Å². The van der Waals surface area contributed by atoms with Crippen LogP contribution in [0.3, 0.4) is 0 Å². The molecule has 1 atom stereocenters. The predicted octanol–water partition coefficient (Wildman–Crippen LogP) is 2.04. The average Bonchev–Trinajstić information content (AvgIpc) is 2.48. The van der Waals surface area contributed by atoms with Crippen LogP contribution in [0.2, 0.25) is 0 Å². The molecule has 1 heterocycles. The highest BCUT2D eigenvalue weighted by atomic mass is 16.2. The van der Waals surface area contributed by atoms with Crippen LogP contribution in [0.4, 0.5) is 0 Å². The highest BCUT2D eigenvalue weighted by Crippen LogP contribution is 2.22. The standard InChI is InChI=1S/C16H22N2O2/c1-11-7-8-12(2)13(10-11)16(20)18-9-5-4-6-14(18)15(19)17-3/h7-8,10,14H,4-6,9H2,1-3H3,(H,17,19). The van der Waals surface area contributed by atoms with E-state index in [-0.39, 0.29) is 17.9 Å². The summed E-state index contributed by atoms with van der Waals surface area (Å²) in [5.41, 5.74) is 2.73. The Balaban J connectivity index is 2.30. The van der Waals surface area contributed by atoms with Crippen LogP contribution in [-0.4, -0.2) is 36.3 Å². The third-order valence-corrected chi connectivity index (χ3v) is 3.94.